The van der Waals surface area contributed by atoms with Gasteiger partial charge < -0.3 is 5.73 Å². The molecule has 0 aliphatic heterocycles. The summed E-state index contributed by atoms with van der Waals surface area (Å²) >= 11 is 0. The van der Waals surface area contributed by atoms with Gasteiger partial charge in [0.15, 0.2) is 5.78 Å². The highest BCUT2D eigenvalue weighted by molar-refractivity contribution is 5.96. The number of hydrogen-bond donors (Lipinski definition) is 1. The number of carbonyl (C=O) groups is 1. The van der Waals surface area contributed by atoms with Crippen LogP contribution < -0.4 is 5.73 Å². The van der Waals surface area contributed by atoms with Gasteiger partial charge >= 0.3 is 0 Å². The first-order chi connectivity index (χ1) is 6.17. The van der Waals surface area contributed by atoms with Crippen molar-refractivity contribution in [3.8, 4) is 0 Å². The van der Waals surface area contributed by atoms with Crippen LogP contribution in [0.2, 0.25) is 0 Å². The highest BCUT2D eigenvalue weighted by atomic mass is 16.1. The van der Waals surface area contributed by atoms with Crippen LogP contribution in [0, 0.1) is 0 Å². The molecule has 70 valence electrons. The number of nitrogens with two attached hydrogens (primary N) is 1. The zero-order valence-corrected chi connectivity index (χ0v) is 8.13. The fourth-order valence-corrected chi connectivity index (χ4v) is 1.29. The van der Waals surface area contributed by atoms with Crippen molar-refractivity contribution in [1.29, 1.82) is 0 Å². The first-order valence-electron chi connectivity index (χ1n) is 4.60. The van der Waals surface area contributed by atoms with Gasteiger partial charge in [0.25, 0.3) is 0 Å². The minimum Gasteiger partial charge on any atom is -0.399 e. The maximum Gasteiger partial charge on any atom is 0.162 e. The molecule has 0 bridgehead atoms. The van der Waals surface area contributed by atoms with Gasteiger partial charge in [0.05, 0.1) is 0 Å². The summed E-state index contributed by atoms with van der Waals surface area (Å²) in [6, 6.07) is 5.57. The summed E-state index contributed by atoms with van der Waals surface area (Å²) in [6.45, 7) is 3.91. The van der Waals surface area contributed by atoms with Crippen molar-refractivity contribution in [1.82, 2.24) is 0 Å². The smallest absolute Gasteiger partial charge is 0.162 e. The van der Waals surface area contributed by atoms with Crippen molar-refractivity contribution < 1.29 is 4.79 Å². The van der Waals surface area contributed by atoms with E-state index >= 15 is 0 Å². The average molecular weight is 177 g/mol. The zero-order chi connectivity index (χ0) is 9.84. The Morgan fingerprint density at radius 2 is 2.00 bits per heavy atom. The van der Waals surface area contributed by atoms with E-state index in [0.29, 0.717) is 12.1 Å². The summed E-state index contributed by atoms with van der Waals surface area (Å²) < 4.78 is 0. The molecule has 0 unspecified atom stereocenters. The number of nitrogen functional groups attached to an aromatic ring is 1. The lowest BCUT2D eigenvalue weighted by molar-refractivity contribution is 0.0988. The fraction of sp³-hybridized carbons (Fsp3) is 0.364. The largest absolute Gasteiger partial charge is 0.399 e. The molecule has 2 N–H and O–H groups in total. The van der Waals surface area contributed by atoms with Crippen LogP contribution in [-0.2, 0) is 6.42 Å². The molecule has 1 rings (SSSR count). The quantitative estimate of drug-likeness (QED) is 0.569. The number of carbonyl (C=O) groups excluding carboxylic acids is 1. The molecule has 2 nitrogen and oxygen atoms in total. The molecule has 0 spiro atoms. The maximum absolute atomic E-state index is 11.4. The van der Waals surface area contributed by atoms with Crippen molar-refractivity contribution in [3.05, 3.63) is 29.3 Å². The van der Waals surface area contributed by atoms with Crippen LogP contribution in [0.3, 0.4) is 0 Å². The summed E-state index contributed by atoms with van der Waals surface area (Å²) in [5.41, 5.74) is 8.21. The Kier molecular flexibility index (Phi) is 3.07. The minimum atomic E-state index is 0.155. The number of rotatable bonds is 3. The summed E-state index contributed by atoms with van der Waals surface area (Å²) in [6.07, 6.45) is 1.45. The molecule has 1 aromatic rings. The third kappa shape index (κ3) is 2.31. The summed E-state index contributed by atoms with van der Waals surface area (Å²) in [5.74, 6) is 0.155. The highest BCUT2D eigenvalue weighted by Crippen LogP contribution is 2.14. The van der Waals surface area contributed by atoms with E-state index in [1.54, 1.807) is 6.07 Å². The zero-order valence-electron chi connectivity index (χ0n) is 8.13. The van der Waals surface area contributed by atoms with E-state index < -0.39 is 0 Å². The minimum absolute atomic E-state index is 0.155. The van der Waals surface area contributed by atoms with Crippen LogP contribution >= 0.6 is 0 Å². The second-order valence-electron chi connectivity index (χ2n) is 3.09. The second-order valence-corrected chi connectivity index (χ2v) is 3.09. The molecule has 0 heterocycles. The lowest BCUT2D eigenvalue weighted by Crippen LogP contribution is -1.99. The van der Waals surface area contributed by atoms with Crippen LogP contribution in [0.5, 0.6) is 0 Å². The molecule has 0 fully saturated rings. The molecule has 0 aliphatic carbocycles. The molecule has 0 aliphatic rings. The third-order valence-electron chi connectivity index (χ3n) is 2.07. The van der Waals surface area contributed by atoms with Crippen LogP contribution in [0.15, 0.2) is 18.2 Å². The van der Waals surface area contributed by atoms with Crippen molar-refractivity contribution >= 4 is 11.5 Å². The predicted molar refractivity (Wildman–Crippen MR) is 54.9 cm³/mol. The lowest BCUT2D eigenvalue weighted by atomic mass is 10.0. The Bertz CT molecular complexity index is 318. The predicted octanol–water partition coefficient (Wildman–Crippen LogP) is 2.42. The molecule has 0 atom stereocenters. The summed E-state index contributed by atoms with van der Waals surface area (Å²) in [7, 11) is 0. The second kappa shape index (κ2) is 4.08. The van der Waals surface area contributed by atoms with Gasteiger partial charge in [-0.25, -0.2) is 0 Å². The topological polar surface area (TPSA) is 43.1 Å². The molecule has 0 radical (unpaired) electrons. The van der Waals surface area contributed by atoms with Crippen molar-refractivity contribution in [2.45, 2.75) is 26.7 Å². The Labute approximate surface area is 78.8 Å². The van der Waals surface area contributed by atoms with Gasteiger partial charge in [0.1, 0.15) is 0 Å². The van der Waals surface area contributed by atoms with Gasteiger partial charge in [0.2, 0.25) is 0 Å². The van der Waals surface area contributed by atoms with Crippen LogP contribution in [0.4, 0.5) is 5.69 Å². The SMILES string of the molecule is CCC(=O)c1cc(N)cc(CC)c1. The Balaban J connectivity index is 3.08. The van der Waals surface area contributed by atoms with Gasteiger partial charge in [-0.3, -0.25) is 4.79 Å². The molecule has 0 saturated carbocycles. The van der Waals surface area contributed by atoms with Crippen molar-refractivity contribution in [3.63, 3.8) is 0 Å². The van der Waals surface area contributed by atoms with E-state index in [1.165, 1.54) is 0 Å². The molecule has 1 aromatic carbocycles. The monoisotopic (exact) mass is 177 g/mol. The molecule has 0 amide bonds. The van der Waals surface area contributed by atoms with E-state index in [2.05, 4.69) is 6.92 Å². The van der Waals surface area contributed by atoms with Gasteiger partial charge in [-0.15, -0.1) is 0 Å². The van der Waals surface area contributed by atoms with Crippen molar-refractivity contribution in [2.24, 2.45) is 0 Å². The van der Waals surface area contributed by atoms with Crippen LogP contribution in [0.1, 0.15) is 36.2 Å². The van der Waals surface area contributed by atoms with E-state index in [9.17, 15) is 4.79 Å². The molecular formula is C11H15NO. The van der Waals surface area contributed by atoms with Crippen LogP contribution in [-0.4, -0.2) is 5.78 Å². The molecule has 13 heavy (non-hydrogen) atoms. The highest BCUT2D eigenvalue weighted by Gasteiger charge is 2.04. The lowest BCUT2D eigenvalue weighted by Gasteiger charge is -2.03. The number of benzene rings is 1. The number of Topliss-reactive ketones (excluding diaryl/α,β-unsaturated/α-hetero) is 1. The molecule has 0 aromatic heterocycles. The summed E-state index contributed by atoms with van der Waals surface area (Å²) in [4.78, 5) is 11.4. The average Bonchev–Trinajstić information content (AvgIpc) is 2.15. The van der Waals surface area contributed by atoms with Crippen molar-refractivity contribution in [2.75, 3.05) is 5.73 Å². The van der Waals surface area contributed by atoms with E-state index in [1.807, 2.05) is 19.1 Å². The van der Waals surface area contributed by atoms with E-state index in [4.69, 9.17) is 5.73 Å². The normalized spacial score (nSPS) is 10.0. The molecular weight excluding hydrogens is 162 g/mol. The molecule has 0 saturated heterocycles. The standard InChI is InChI=1S/C11H15NO/c1-3-8-5-9(11(13)4-2)7-10(12)6-8/h5-7H,3-4,12H2,1-2H3. The Morgan fingerprint density at radius 3 is 2.54 bits per heavy atom. The van der Waals surface area contributed by atoms with Crippen LogP contribution in [0.25, 0.3) is 0 Å². The van der Waals surface area contributed by atoms with E-state index in [0.717, 1.165) is 17.5 Å². The number of ketones is 1. The van der Waals surface area contributed by atoms with Gasteiger partial charge in [0, 0.05) is 17.7 Å². The number of anilines is 1. The van der Waals surface area contributed by atoms with E-state index in [-0.39, 0.29) is 5.78 Å². The van der Waals surface area contributed by atoms with Gasteiger partial charge in [-0.05, 0) is 30.2 Å². The van der Waals surface area contributed by atoms with Gasteiger partial charge in [-0.2, -0.15) is 0 Å². The Hall–Kier alpha value is -1.31. The number of hydrogen-bond acceptors (Lipinski definition) is 2. The number of aryl methyl sites for hydroxylation is 1. The molecule has 2 heteroatoms. The summed E-state index contributed by atoms with van der Waals surface area (Å²) in [5, 5.41) is 0. The maximum atomic E-state index is 11.4. The first kappa shape index (κ1) is 9.78. The third-order valence-corrected chi connectivity index (χ3v) is 2.07. The van der Waals surface area contributed by atoms with Gasteiger partial charge in [-0.1, -0.05) is 13.8 Å². The Morgan fingerprint density at radius 1 is 1.31 bits per heavy atom. The fourth-order valence-electron chi connectivity index (χ4n) is 1.29. The first-order valence-corrected chi connectivity index (χ1v) is 4.60.